The third-order valence-electron chi connectivity index (χ3n) is 4.66. The molecule has 6 nitrogen and oxygen atoms in total. The van der Waals surface area contributed by atoms with Gasteiger partial charge in [0.1, 0.15) is 11.3 Å². The molecule has 1 aromatic carbocycles. The topological polar surface area (TPSA) is 104 Å². The van der Waals surface area contributed by atoms with E-state index in [-0.39, 0.29) is 5.84 Å². The third-order valence-corrected chi connectivity index (χ3v) is 4.90. The molecule has 112 valence electrons. The van der Waals surface area contributed by atoms with Crippen LogP contribution in [-0.4, -0.2) is 26.0 Å². The monoisotopic (exact) mass is 316 g/mol. The summed E-state index contributed by atoms with van der Waals surface area (Å²) in [5, 5.41) is 20.1. The number of hydrogen-bond donors (Lipinski definition) is 1. The molecule has 1 aliphatic heterocycles. The molecule has 0 bridgehead atoms. The molecule has 1 aliphatic carbocycles. The zero-order chi connectivity index (χ0) is 16.2. The lowest BCUT2D eigenvalue weighted by Gasteiger charge is -2.29. The van der Waals surface area contributed by atoms with Crippen LogP contribution in [0.2, 0.25) is 5.02 Å². The highest BCUT2D eigenvalue weighted by Crippen LogP contribution is 2.81. The summed E-state index contributed by atoms with van der Waals surface area (Å²) in [4.78, 5) is 4.14. The molecule has 2 N–H and O–H groups in total. The molecule has 22 heavy (non-hydrogen) atoms. The van der Waals surface area contributed by atoms with Gasteiger partial charge in [-0.05, 0) is 17.7 Å². The van der Waals surface area contributed by atoms with Crippen molar-refractivity contribution in [3.63, 3.8) is 0 Å². The lowest BCUT2D eigenvalue weighted by atomic mass is 9.93. The molecule has 1 aromatic rings. The number of ether oxygens (including phenoxy) is 2. The first-order chi connectivity index (χ1) is 10.5. The summed E-state index contributed by atoms with van der Waals surface area (Å²) in [7, 11) is 2.75. The average molecular weight is 317 g/mol. The van der Waals surface area contributed by atoms with E-state index in [1.807, 2.05) is 0 Å². The Morgan fingerprint density at radius 2 is 1.95 bits per heavy atom. The standard InChI is InChI=1S/C15H13ClN4O2/c1-21-15(22-2)14(8-18)11(9-4-3-5-10(16)6-9)13(14,7-17)12(19)20-15/h3-6,11H,1-2H3,(H2,19,20)/t11-,13+,14+/m0/s1. The second-order valence-corrected chi connectivity index (χ2v) is 5.75. The fraction of sp³-hybridized carbons (Fsp3) is 0.400. The zero-order valence-electron chi connectivity index (χ0n) is 12.0. The number of benzene rings is 1. The number of aliphatic imine (C=N–C) groups is 1. The predicted octanol–water partition coefficient (Wildman–Crippen LogP) is 1.77. The Labute approximate surface area is 132 Å². The van der Waals surface area contributed by atoms with Crippen LogP contribution in [0.3, 0.4) is 0 Å². The molecule has 3 rings (SSSR count). The van der Waals surface area contributed by atoms with Gasteiger partial charge < -0.3 is 15.2 Å². The Morgan fingerprint density at radius 3 is 2.45 bits per heavy atom. The summed E-state index contributed by atoms with van der Waals surface area (Å²) in [5.74, 6) is -2.08. The quantitative estimate of drug-likeness (QED) is 0.856. The van der Waals surface area contributed by atoms with E-state index in [0.29, 0.717) is 5.02 Å². The number of nitrogens with zero attached hydrogens (tertiary/aromatic N) is 3. The first-order valence-corrected chi connectivity index (χ1v) is 6.91. The van der Waals surface area contributed by atoms with Crippen molar-refractivity contribution in [2.24, 2.45) is 21.6 Å². The highest BCUT2D eigenvalue weighted by molar-refractivity contribution is 6.30. The lowest BCUT2D eigenvalue weighted by molar-refractivity contribution is -0.230. The summed E-state index contributed by atoms with van der Waals surface area (Å²) < 4.78 is 10.8. The van der Waals surface area contributed by atoms with Gasteiger partial charge in [-0.15, -0.1) is 0 Å². The molecule has 1 heterocycles. The number of nitrogens with two attached hydrogens (primary N) is 1. The minimum Gasteiger partial charge on any atom is -0.386 e. The Bertz CT molecular complexity index is 762. The molecule has 7 heteroatoms. The van der Waals surface area contributed by atoms with Crippen molar-refractivity contribution in [2.45, 2.75) is 11.8 Å². The molecular weight excluding hydrogens is 304 g/mol. The molecule has 0 amide bonds. The van der Waals surface area contributed by atoms with Gasteiger partial charge in [0.2, 0.25) is 0 Å². The van der Waals surface area contributed by atoms with Gasteiger partial charge in [0.05, 0.1) is 12.1 Å². The van der Waals surface area contributed by atoms with E-state index in [1.165, 1.54) is 14.2 Å². The molecule has 0 spiro atoms. The molecule has 1 saturated carbocycles. The van der Waals surface area contributed by atoms with Crippen LogP contribution in [0.25, 0.3) is 0 Å². The summed E-state index contributed by atoms with van der Waals surface area (Å²) in [6.45, 7) is 0. The van der Waals surface area contributed by atoms with Crippen LogP contribution in [0.1, 0.15) is 11.5 Å². The lowest BCUT2D eigenvalue weighted by Crippen LogP contribution is -2.41. The van der Waals surface area contributed by atoms with E-state index in [0.717, 1.165) is 5.56 Å². The van der Waals surface area contributed by atoms with Gasteiger partial charge in [0, 0.05) is 25.2 Å². The smallest absolute Gasteiger partial charge is 0.292 e. The average Bonchev–Trinajstić information content (AvgIpc) is 3.11. The van der Waals surface area contributed by atoms with Crippen molar-refractivity contribution in [3.8, 4) is 12.1 Å². The summed E-state index contributed by atoms with van der Waals surface area (Å²) in [6, 6.07) is 11.4. The van der Waals surface area contributed by atoms with Crippen molar-refractivity contribution in [1.82, 2.24) is 0 Å². The molecule has 1 fully saturated rings. The Morgan fingerprint density at radius 1 is 1.27 bits per heavy atom. The highest BCUT2D eigenvalue weighted by Gasteiger charge is 2.93. The largest absolute Gasteiger partial charge is 0.386 e. The van der Waals surface area contributed by atoms with Crippen LogP contribution in [0, 0.1) is 33.5 Å². The van der Waals surface area contributed by atoms with Crippen LogP contribution in [0.5, 0.6) is 0 Å². The molecule has 0 saturated heterocycles. The molecule has 0 aromatic heterocycles. The normalized spacial score (nSPS) is 34.2. The first kappa shape index (κ1) is 14.8. The van der Waals surface area contributed by atoms with Crippen LogP contribution in [-0.2, 0) is 9.47 Å². The molecule has 0 unspecified atom stereocenters. The predicted molar refractivity (Wildman–Crippen MR) is 78.7 cm³/mol. The molecular formula is C15H13ClN4O2. The van der Waals surface area contributed by atoms with E-state index >= 15 is 0 Å². The maximum Gasteiger partial charge on any atom is 0.292 e. The minimum atomic E-state index is -1.60. The van der Waals surface area contributed by atoms with Crippen molar-refractivity contribution >= 4 is 17.4 Å². The van der Waals surface area contributed by atoms with Gasteiger partial charge in [-0.2, -0.15) is 10.5 Å². The van der Waals surface area contributed by atoms with Crippen molar-refractivity contribution in [1.29, 1.82) is 10.5 Å². The second-order valence-electron chi connectivity index (χ2n) is 5.31. The number of methoxy groups -OCH3 is 2. The second kappa shape index (κ2) is 4.44. The Balaban J connectivity index is 2.26. The van der Waals surface area contributed by atoms with Gasteiger partial charge in [-0.1, -0.05) is 23.7 Å². The van der Waals surface area contributed by atoms with E-state index in [4.69, 9.17) is 26.8 Å². The number of hydrogen-bond acceptors (Lipinski definition) is 6. The van der Waals surface area contributed by atoms with E-state index < -0.39 is 22.7 Å². The van der Waals surface area contributed by atoms with Gasteiger partial charge in [-0.3, -0.25) is 0 Å². The van der Waals surface area contributed by atoms with Crippen LogP contribution in [0.4, 0.5) is 0 Å². The minimum absolute atomic E-state index is 0.0465. The third kappa shape index (κ3) is 1.29. The number of amidine groups is 1. The number of rotatable bonds is 3. The van der Waals surface area contributed by atoms with E-state index in [9.17, 15) is 10.5 Å². The first-order valence-electron chi connectivity index (χ1n) is 6.53. The van der Waals surface area contributed by atoms with Gasteiger partial charge in [-0.25, -0.2) is 4.99 Å². The fourth-order valence-electron chi connectivity index (χ4n) is 3.71. The highest BCUT2D eigenvalue weighted by atomic mass is 35.5. The van der Waals surface area contributed by atoms with Crippen LogP contribution in [0.15, 0.2) is 29.3 Å². The SMILES string of the molecule is COC1(OC)N=C(N)[C@@]2(C#N)[C@H](c3cccc(Cl)c3)[C@@]12C#N. The molecule has 3 atom stereocenters. The van der Waals surface area contributed by atoms with Crippen LogP contribution < -0.4 is 5.73 Å². The van der Waals surface area contributed by atoms with Crippen molar-refractivity contribution in [2.75, 3.05) is 14.2 Å². The summed E-state index contributed by atoms with van der Waals surface area (Å²) >= 11 is 6.04. The fourth-order valence-corrected chi connectivity index (χ4v) is 3.91. The van der Waals surface area contributed by atoms with E-state index in [1.54, 1.807) is 24.3 Å². The number of halogens is 1. The number of fused-ring (bicyclic) bond motifs is 1. The Hall–Kier alpha value is -2.12. The number of nitriles is 2. The van der Waals surface area contributed by atoms with Gasteiger partial charge in [0.15, 0.2) is 5.41 Å². The maximum atomic E-state index is 9.86. The molecule has 0 radical (unpaired) electrons. The summed E-state index contributed by atoms with van der Waals surface area (Å²) in [6.07, 6.45) is 0. The van der Waals surface area contributed by atoms with Gasteiger partial charge in [0.25, 0.3) is 5.91 Å². The Kier molecular flexibility index (Phi) is 2.99. The van der Waals surface area contributed by atoms with E-state index in [2.05, 4.69) is 17.1 Å². The molecule has 2 aliphatic rings. The summed E-state index contributed by atoms with van der Waals surface area (Å²) in [5.41, 5.74) is 4.11. The maximum absolute atomic E-state index is 9.86. The van der Waals surface area contributed by atoms with Gasteiger partial charge >= 0.3 is 0 Å². The zero-order valence-corrected chi connectivity index (χ0v) is 12.8. The van der Waals surface area contributed by atoms with Crippen LogP contribution >= 0.6 is 11.6 Å². The van der Waals surface area contributed by atoms with Crippen molar-refractivity contribution in [3.05, 3.63) is 34.9 Å². The van der Waals surface area contributed by atoms with Crippen molar-refractivity contribution < 1.29 is 9.47 Å².